The summed E-state index contributed by atoms with van der Waals surface area (Å²) < 4.78 is 13.1. The van der Waals surface area contributed by atoms with E-state index in [4.69, 9.17) is 11.5 Å². The van der Waals surface area contributed by atoms with Crippen molar-refractivity contribution in [3.8, 4) is 0 Å². The first-order valence-electron chi connectivity index (χ1n) is 5.30. The molecule has 0 bridgehead atoms. The number of carbonyl (C=O) groups is 1. The molecule has 0 aliphatic carbocycles. The fourth-order valence-electron chi connectivity index (χ4n) is 1.97. The standard InChI is InChI=1S/C11H13FN4O2/c1-16-8-3-2-7(12)4-6(8)5-9(16)10(17)18-15-11(13)14/h2-4,9H,5H2,1H3,(H4,13,14,15). The molecule has 1 aromatic rings. The molecule has 96 valence electrons. The number of fused-ring (bicyclic) bond motifs is 1. The van der Waals surface area contributed by atoms with Crippen LogP contribution in [0.3, 0.4) is 0 Å². The van der Waals surface area contributed by atoms with E-state index in [-0.39, 0.29) is 11.8 Å². The number of guanidine groups is 1. The number of oxime groups is 1. The normalized spacial score (nSPS) is 17.2. The monoisotopic (exact) mass is 252 g/mol. The maximum Gasteiger partial charge on any atom is 0.357 e. The van der Waals surface area contributed by atoms with Crippen LogP contribution in [0.4, 0.5) is 10.1 Å². The molecule has 0 amide bonds. The molecule has 0 fully saturated rings. The number of hydrogen-bond acceptors (Lipinski definition) is 4. The molecule has 0 radical (unpaired) electrons. The van der Waals surface area contributed by atoms with Gasteiger partial charge in [-0.15, -0.1) is 0 Å². The van der Waals surface area contributed by atoms with Crippen molar-refractivity contribution < 1.29 is 14.0 Å². The molecular weight excluding hydrogens is 239 g/mol. The quantitative estimate of drug-likeness (QED) is 0.332. The van der Waals surface area contributed by atoms with E-state index >= 15 is 0 Å². The summed E-state index contributed by atoms with van der Waals surface area (Å²) in [6.45, 7) is 0. The van der Waals surface area contributed by atoms with Gasteiger partial charge in [-0.05, 0) is 28.9 Å². The van der Waals surface area contributed by atoms with E-state index in [1.165, 1.54) is 12.1 Å². The Morgan fingerprint density at radius 3 is 2.94 bits per heavy atom. The van der Waals surface area contributed by atoms with Crippen LogP contribution in [0.2, 0.25) is 0 Å². The Morgan fingerprint density at radius 2 is 2.28 bits per heavy atom. The third kappa shape index (κ3) is 2.20. The zero-order chi connectivity index (χ0) is 13.3. The van der Waals surface area contributed by atoms with Crippen molar-refractivity contribution in [2.75, 3.05) is 11.9 Å². The largest absolute Gasteiger partial charge is 0.367 e. The fraction of sp³-hybridized carbons (Fsp3) is 0.273. The Kier molecular flexibility index (Phi) is 3.05. The lowest BCUT2D eigenvalue weighted by molar-refractivity contribution is -0.145. The Bertz CT molecular complexity index is 514. The molecular formula is C11H13FN4O2. The predicted octanol–water partition coefficient (Wildman–Crippen LogP) is -0.0818. The Balaban J connectivity index is 2.16. The minimum Gasteiger partial charge on any atom is -0.367 e. The van der Waals surface area contributed by atoms with E-state index < -0.39 is 12.0 Å². The average Bonchev–Trinajstić information content (AvgIpc) is 2.63. The van der Waals surface area contributed by atoms with Crippen molar-refractivity contribution in [3.63, 3.8) is 0 Å². The number of benzene rings is 1. The number of halogens is 1. The molecule has 18 heavy (non-hydrogen) atoms. The highest BCUT2D eigenvalue weighted by molar-refractivity contribution is 5.84. The third-order valence-electron chi connectivity index (χ3n) is 2.82. The summed E-state index contributed by atoms with van der Waals surface area (Å²) in [6, 6.07) is 3.82. The van der Waals surface area contributed by atoms with Gasteiger partial charge in [-0.2, -0.15) is 0 Å². The number of likely N-dealkylation sites (N-methyl/N-ethyl adjacent to an activating group) is 1. The van der Waals surface area contributed by atoms with Gasteiger partial charge in [-0.1, -0.05) is 0 Å². The first-order valence-corrected chi connectivity index (χ1v) is 5.30. The molecule has 0 saturated carbocycles. The zero-order valence-corrected chi connectivity index (χ0v) is 9.76. The van der Waals surface area contributed by atoms with E-state index in [1.54, 1.807) is 18.0 Å². The number of hydrogen-bond donors (Lipinski definition) is 2. The van der Waals surface area contributed by atoms with Crippen molar-refractivity contribution in [1.82, 2.24) is 0 Å². The van der Waals surface area contributed by atoms with Crippen LogP contribution in [0.5, 0.6) is 0 Å². The maximum absolute atomic E-state index is 13.1. The number of rotatable bonds is 2. The second kappa shape index (κ2) is 4.52. The SMILES string of the molecule is CN1c2ccc(F)cc2CC1C(=O)ON=C(N)N. The highest BCUT2D eigenvalue weighted by atomic mass is 19.1. The first-order chi connectivity index (χ1) is 8.49. The van der Waals surface area contributed by atoms with Gasteiger partial charge in [0.1, 0.15) is 11.9 Å². The van der Waals surface area contributed by atoms with Gasteiger partial charge in [0, 0.05) is 19.2 Å². The summed E-state index contributed by atoms with van der Waals surface area (Å²) in [5.74, 6) is -1.24. The second-order valence-corrected chi connectivity index (χ2v) is 4.03. The van der Waals surface area contributed by atoms with Crippen molar-refractivity contribution in [2.45, 2.75) is 12.5 Å². The van der Waals surface area contributed by atoms with Crippen molar-refractivity contribution >= 4 is 17.6 Å². The van der Waals surface area contributed by atoms with Crippen molar-refractivity contribution in [3.05, 3.63) is 29.6 Å². The molecule has 2 rings (SSSR count). The molecule has 1 heterocycles. The number of nitrogens with two attached hydrogens (primary N) is 2. The summed E-state index contributed by atoms with van der Waals surface area (Å²) in [7, 11) is 1.73. The Morgan fingerprint density at radius 1 is 1.56 bits per heavy atom. The van der Waals surface area contributed by atoms with Crippen LogP contribution in [0.15, 0.2) is 23.4 Å². The van der Waals surface area contributed by atoms with E-state index in [0.29, 0.717) is 6.42 Å². The third-order valence-corrected chi connectivity index (χ3v) is 2.82. The lowest BCUT2D eigenvalue weighted by Crippen LogP contribution is -2.37. The average molecular weight is 252 g/mol. The summed E-state index contributed by atoms with van der Waals surface area (Å²) in [5, 5.41) is 3.21. The minimum atomic E-state index is -0.581. The topological polar surface area (TPSA) is 93.9 Å². The van der Waals surface area contributed by atoms with Crippen LogP contribution in [0.25, 0.3) is 0 Å². The lowest BCUT2D eigenvalue weighted by Gasteiger charge is -2.19. The van der Waals surface area contributed by atoms with Crippen LogP contribution < -0.4 is 16.4 Å². The summed E-state index contributed by atoms with van der Waals surface area (Å²) >= 11 is 0. The first kappa shape index (κ1) is 12.2. The van der Waals surface area contributed by atoms with Gasteiger partial charge in [-0.3, -0.25) is 0 Å². The zero-order valence-electron chi connectivity index (χ0n) is 9.76. The van der Waals surface area contributed by atoms with E-state index in [2.05, 4.69) is 9.99 Å². The predicted molar refractivity (Wildman–Crippen MR) is 64.2 cm³/mol. The van der Waals surface area contributed by atoms with Crippen LogP contribution in [0, 0.1) is 5.82 Å². The van der Waals surface area contributed by atoms with Crippen LogP contribution in [-0.4, -0.2) is 25.0 Å². The number of carbonyl (C=O) groups excluding carboxylic acids is 1. The molecule has 1 unspecified atom stereocenters. The highest BCUT2D eigenvalue weighted by Gasteiger charge is 2.33. The van der Waals surface area contributed by atoms with Gasteiger partial charge in [0.05, 0.1) is 0 Å². The summed E-state index contributed by atoms with van der Waals surface area (Å²) in [4.78, 5) is 18.0. The van der Waals surface area contributed by atoms with Crippen molar-refractivity contribution in [1.29, 1.82) is 0 Å². The highest BCUT2D eigenvalue weighted by Crippen LogP contribution is 2.31. The lowest BCUT2D eigenvalue weighted by atomic mass is 10.1. The van der Waals surface area contributed by atoms with E-state index in [1.807, 2.05) is 0 Å². The minimum absolute atomic E-state index is 0.326. The summed E-state index contributed by atoms with van der Waals surface area (Å²) in [6.07, 6.45) is 0.364. The number of nitrogens with zero attached hydrogens (tertiary/aromatic N) is 2. The number of anilines is 1. The molecule has 7 heteroatoms. The van der Waals surface area contributed by atoms with Gasteiger partial charge >= 0.3 is 5.97 Å². The van der Waals surface area contributed by atoms with E-state index in [9.17, 15) is 9.18 Å². The smallest absolute Gasteiger partial charge is 0.357 e. The van der Waals surface area contributed by atoms with Crippen LogP contribution in [-0.2, 0) is 16.1 Å². The molecule has 0 aromatic heterocycles. The Hall–Kier alpha value is -2.31. The van der Waals surface area contributed by atoms with Gasteiger partial charge in [0.25, 0.3) is 0 Å². The molecule has 1 aliphatic heterocycles. The van der Waals surface area contributed by atoms with Crippen molar-refractivity contribution in [2.24, 2.45) is 16.6 Å². The fourth-order valence-corrected chi connectivity index (χ4v) is 1.97. The molecule has 1 aromatic carbocycles. The maximum atomic E-state index is 13.1. The summed E-state index contributed by atoms with van der Waals surface area (Å²) in [5.41, 5.74) is 11.7. The van der Waals surface area contributed by atoms with Gasteiger partial charge in [0.15, 0.2) is 0 Å². The van der Waals surface area contributed by atoms with Gasteiger partial charge in [0.2, 0.25) is 5.96 Å². The van der Waals surface area contributed by atoms with Gasteiger partial charge in [-0.25, -0.2) is 9.18 Å². The molecule has 0 spiro atoms. The molecule has 6 nitrogen and oxygen atoms in total. The van der Waals surface area contributed by atoms with Crippen LogP contribution in [0.1, 0.15) is 5.56 Å². The van der Waals surface area contributed by atoms with Crippen LogP contribution >= 0.6 is 0 Å². The molecule has 1 aliphatic rings. The second-order valence-electron chi connectivity index (χ2n) is 4.03. The molecule has 0 saturated heterocycles. The molecule has 4 N–H and O–H groups in total. The van der Waals surface area contributed by atoms with Gasteiger partial charge < -0.3 is 21.2 Å². The molecule has 1 atom stereocenters. The Labute approximate surface area is 103 Å². The van der Waals surface area contributed by atoms with E-state index in [0.717, 1.165) is 11.3 Å².